The third-order valence-electron chi connectivity index (χ3n) is 1.21. The van der Waals surface area contributed by atoms with Gasteiger partial charge in [0.25, 0.3) is 5.17 Å². The van der Waals surface area contributed by atoms with Crippen molar-refractivity contribution >= 4 is 22.7 Å². The molecule has 1 aromatic carbocycles. The van der Waals surface area contributed by atoms with Gasteiger partial charge in [0.05, 0.1) is 0 Å². The third kappa shape index (κ3) is 2.76. The van der Waals surface area contributed by atoms with Crippen LogP contribution in [0.4, 0.5) is 0 Å². The molecule has 0 atom stereocenters. The fraction of sp³-hybridized carbons (Fsp3) is 0. The largest absolute Gasteiger partial charge is 0.421 e. The van der Waals surface area contributed by atoms with E-state index < -0.39 is 11.1 Å². The number of nitrogens with zero attached hydrogens (tertiary/aromatic N) is 1. The fourth-order valence-corrected chi connectivity index (χ4v) is 0.717. The van der Waals surface area contributed by atoms with Crippen molar-refractivity contribution in [2.24, 2.45) is 5.16 Å². The summed E-state index contributed by atoms with van der Waals surface area (Å²) in [5.74, 6) is -0.551. The Labute approximate surface area is 79.4 Å². The summed E-state index contributed by atoms with van der Waals surface area (Å²) in [4.78, 5) is 10.9. The Kier molecular flexibility index (Phi) is 3.28. The molecular weight excluding hydrogens is 194 g/mol. The highest BCUT2D eigenvalue weighted by atomic mass is 35.5. The summed E-state index contributed by atoms with van der Waals surface area (Å²) in [7, 11) is 0. The molecule has 1 N–H and O–H groups in total. The van der Waals surface area contributed by atoms with Crippen molar-refractivity contribution in [1.82, 2.24) is 0 Å². The minimum Gasteiger partial charge on any atom is -0.421 e. The fourth-order valence-electron chi connectivity index (χ4n) is 0.679. The van der Waals surface area contributed by atoms with Crippen LogP contribution in [-0.4, -0.2) is 16.3 Å². The van der Waals surface area contributed by atoms with E-state index in [1.807, 2.05) is 0 Å². The third-order valence-corrected chi connectivity index (χ3v) is 1.44. The number of esters is 1. The van der Waals surface area contributed by atoms with Gasteiger partial charge >= 0.3 is 5.97 Å². The zero-order valence-corrected chi connectivity index (χ0v) is 7.23. The van der Waals surface area contributed by atoms with E-state index in [-0.39, 0.29) is 0 Å². The predicted molar refractivity (Wildman–Crippen MR) is 47.2 cm³/mol. The van der Waals surface area contributed by atoms with E-state index in [2.05, 4.69) is 5.16 Å². The van der Waals surface area contributed by atoms with Crippen molar-refractivity contribution in [1.29, 1.82) is 0 Å². The Morgan fingerprint density at radius 3 is 2.54 bits per heavy atom. The Morgan fingerprint density at radius 1 is 1.38 bits per heavy atom. The molecule has 0 aliphatic rings. The first kappa shape index (κ1) is 9.54. The molecule has 0 unspecified atom stereocenters. The van der Waals surface area contributed by atoms with E-state index in [1.54, 1.807) is 30.3 Å². The zero-order valence-electron chi connectivity index (χ0n) is 6.48. The second-order valence-electron chi connectivity index (χ2n) is 2.09. The smallest absolute Gasteiger partial charge is 0.377 e. The van der Waals surface area contributed by atoms with Crippen molar-refractivity contribution in [3.63, 3.8) is 0 Å². The minimum atomic E-state index is -0.893. The molecule has 0 saturated heterocycles. The lowest BCUT2D eigenvalue weighted by molar-refractivity contribution is -0.126. The number of para-hydroxylation sites is 1. The van der Waals surface area contributed by atoms with E-state index >= 15 is 0 Å². The van der Waals surface area contributed by atoms with E-state index in [4.69, 9.17) is 21.5 Å². The molecule has 0 fully saturated rings. The summed E-state index contributed by atoms with van der Waals surface area (Å²) < 4.78 is 4.71. The van der Waals surface area contributed by atoms with Gasteiger partial charge < -0.3 is 9.94 Å². The summed E-state index contributed by atoms with van der Waals surface area (Å²) in [6.45, 7) is 0. The standard InChI is InChI=1S/C8H6ClNO3/c9-7(10-12)8(11)13-6-4-2-1-3-5-6/h1-5,12H/b10-7+. The lowest BCUT2D eigenvalue weighted by atomic mass is 10.3. The Bertz CT molecular complexity index is 323. The molecule has 0 radical (unpaired) electrons. The van der Waals surface area contributed by atoms with Gasteiger partial charge in [-0.1, -0.05) is 35.0 Å². The molecule has 0 aromatic heterocycles. The monoisotopic (exact) mass is 199 g/mol. The van der Waals surface area contributed by atoms with Crippen molar-refractivity contribution in [2.75, 3.05) is 0 Å². The number of carbonyl (C=O) groups excluding carboxylic acids is 1. The molecule has 68 valence electrons. The highest BCUT2D eigenvalue weighted by Gasteiger charge is 2.10. The summed E-state index contributed by atoms with van der Waals surface area (Å²) in [6.07, 6.45) is 0. The molecule has 0 heterocycles. The molecule has 0 bridgehead atoms. The molecule has 0 saturated carbocycles. The molecule has 0 spiro atoms. The summed E-state index contributed by atoms with van der Waals surface area (Å²) in [6, 6.07) is 8.34. The first-order chi connectivity index (χ1) is 6.24. The van der Waals surface area contributed by atoms with Crippen molar-refractivity contribution in [3.8, 4) is 5.75 Å². The van der Waals surface area contributed by atoms with E-state index in [0.717, 1.165) is 0 Å². The maximum absolute atomic E-state index is 10.9. The maximum Gasteiger partial charge on any atom is 0.377 e. The van der Waals surface area contributed by atoms with Crippen LogP contribution in [0.1, 0.15) is 0 Å². The number of rotatable bonds is 2. The number of benzene rings is 1. The number of halogens is 1. The number of carbonyl (C=O) groups is 1. The quantitative estimate of drug-likeness (QED) is 0.259. The predicted octanol–water partition coefficient (Wildman–Crippen LogP) is 1.62. The zero-order chi connectivity index (χ0) is 9.68. The van der Waals surface area contributed by atoms with Crippen molar-refractivity contribution in [3.05, 3.63) is 30.3 Å². The van der Waals surface area contributed by atoms with E-state index in [1.165, 1.54) is 0 Å². The number of ether oxygens (including phenoxy) is 1. The first-order valence-electron chi connectivity index (χ1n) is 3.39. The Hall–Kier alpha value is -1.55. The second-order valence-corrected chi connectivity index (χ2v) is 2.45. The molecule has 4 nitrogen and oxygen atoms in total. The van der Waals surface area contributed by atoms with Crippen LogP contribution in [0.5, 0.6) is 5.75 Å². The average molecular weight is 200 g/mol. The van der Waals surface area contributed by atoms with E-state index in [0.29, 0.717) is 5.75 Å². The van der Waals surface area contributed by atoms with Crippen molar-refractivity contribution in [2.45, 2.75) is 0 Å². The molecule has 0 amide bonds. The van der Waals surface area contributed by atoms with Crippen LogP contribution in [0.15, 0.2) is 35.5 Å². The molecule has 13 heavy (non-hydrogen) atoms. The lowest BCUT2D eigenvalue weighted by Gasteiger charge is -1.99. The van der Waals surface area contributed by atoms with Gasteiger partial charge in [0.1, 0.15) is 5.75 Å². The molecule has 0 aliphatic carbocycles. The minimum absolute atomic E-state index is 0.342. The highest BCUT2D eigenvalue weighted by molar-refractivity contribution is 6.82. The van der Waals surface area contributed by atoms with Crippen LogP contribution < -0.4 is 4.74 Å². The van der Waals surface area contributed by atoms with Crippen LogP contribution in [0.3, 0.4) is 0 Å². The van der Waals surface area contributed by atoms with E-state index in [9.17, 15) is 4.79 Å². The lowest BCUT2D eigenvalue weighted by Crippen LogP contribution is -2.15. The van der Waals surface area contributed by atoms with Crippen molar-refractivity contribution < 1.29 is 14.7 Å². The Morgan fingerprint density at radius 2 is 2.00 bits per heavy atom. The van der Waals surface area contributed by atoms with Crippen LogP contribution in [0, 0.1) is 0 Å². The Balaban J connectivity index is 2.66. The van der Waals surface area contributed by atoms with Gasteiger partial charge in [-0.3, -0.25) is 0 Å². The van der Waals surface area contributed by atoms with Crippen LogP contribution in [0.25, 0.3) is 0 Å². The summed E-state index contributed by atoms with van der Waals surface area (Å²) in [5.41, 5.74) is 0. The van der Waals surface area contributed by atoms with Gasteiger partial charge in [-0.25, -0.2) is 4.79 Å². The summed E-state index contributed by atoms with van der Waals surface area (Å²) >= 11 is 5.19. The molecular formula is C8H6ClNO3. The van der Waals surface area contributed by atoms with Gasteiger partial charge in [0.15, 0.2) is 0 Å². The molecule has 0 aliphatic heterocycles. The summed E-state index contributed by atoms with van der Waals surface area (Å²) in [5, 5.41) is 10.0. The SMILES string of the molecule is O=C(Oc1ccccc1)/C(Cl)=N\O. The van der Waals surface area contributed by atoms with Gasteiger partial charge in [0, 0.05) is 0 Å². The van der Waals surface area contributed by atoms with Gasteiger partial charge in [-0.05, 0) is 12.1 Å². The van der Waals surface area contributed by atoms with Gasteiger partial charge in [-0.15, -0.1) is 0 Å². The topological polar surface area (TPSA) is 58.9 Å². The second kappa shape index (κ2) is 4.47. The number of hydrogen-bond acceptors (Lipinski definition) is 4. The van der Waals surface area contributed by atoms with Crippen LogP contribution in [0.2, 0.25) is 0 Å². The van der Waals surface area contributed by atoms with Gasteiger partial charge in [-0.2, -0.15) is 0 Å². The van der Waals surface area contributed by atoms with Crippen LogP contribution in [-0.2, 0) is 4.79 Å². The number of hydrogen-bond donors (Lipinski definition) is 1. The van der Waals surface area contributed by atoms with Crippen LogP contribution >= 0.6 is 11.6 Å². The molecule has 1 aromatic rings. The first-order valence-corrected chi connectivity index (χ1v) is 3.76. The molecule has 5 heteroatoms. The van der Waals surface area contributed by atoms with Gasteiger partial charge in [0.2, 0.25) is 0 Å². The number of oxime groups is 1. The average Bonchev–Trinajstić information content (AvgIpc) is 2.18. The molecule has 1 rings (SSSR count). The highest BCUT2D eigenvalue weighted by Crippen LogP contribution is 2.09. The normalized spacial score (nSPS) is 11.0. The maximum atomic E-state index is 10.9.